The summed E-state index contributed by atoms with van der Waals surface area (Å²) in [5, 5.41) is 6.38. The number of hydrogen-bond acceptors (Lipinski definition) is 3. The van der Waals surface area contributed by atoms with E-state index in [-0.39, 0.29) is 11.9 Å². The lowest BCUT2D eigenvalue weighted by Crippen LogP contribution is -2.34. The summed E-state index contributed by atoms with van der Waals surface area (Å²) in [6, 6.07) is 4.98. The lowest BCUT2D eigenvalue weighted by molar-refractivity contribution is -0.121. The average molecular weight is 282 g/mol. The first-order valence-electron chi connectivity index (χ1n) is 7.05. The Morgan fingerprint density at radius 3 is 2.63 bits per heavy atom. The molecule has 1 atom stereocenters. The minimum atomic E-state index is 0.159. The Kier molecular flexibility index (Phi) is 7.10. The minimum Gasteiger partial charge on any atom is -0.353 e. The van der Waals surface area contributed by atoms with Crippen LogP contribution < -0.4 is 10.6 Å². The monoisotopic (exact) mass is 282 g/mol. The molecule has 0 bridgehead atoms. The molecule has 1 heterocycles. The van der Waals surface area contributed by atoms with Gasteiger partial charge in [-0.2, -0.15) is 0 Å². The molecule has 1 unspecified atom stereocenters. The van der Waals surface area contributed by atoms with E-state index in [2.05, 4.69) is 50.5 Å². The van der Waals surface area contributed by atoms with Crippen LogP contribution in [-0.2, 0) is 11.2 Å². The smallest absolute Gasteiger partial charge is 0.220 e. The molecule has 0 aliphatic carbocycles. The van der Waals surface area contributed by atoms with Gasteiger partial charge in [0.15, 0.2) is 0 Å². The van der Waals surface area contributed by atoms with E-state index in [1.54, 1.807) is 11.3 Å². The molecule has 0 aromatic carbocycles. The fourth-order valence-corrected chi connectivity index (χ4v) is 2.95. The minimum absolute atomic E-state index is 0.159. The van der Waals surface area contributed by atoms with Gasteiger partial charge in [0, 0.05) is 34.7 Å². The van der Waals surface area contributed by atoms with E-state index in [9.17, 15) is 4.79 Å². The number of thiophene rings is 1. The van der Waals surface area contributed by atoms with Crippen LogP contribution in [0.4, 0.5) is 0 Å². The summed E-state index contributed by atoms with van der Waals surface area (Å²) < 4.78 is 0. The summed E-state index contributed by atoms with van der Waals surface area (Å²) in [7, 11) is 0. The summed E-state index contributed by atoms with van der Waals surface area (Å²) in [5.74, 6) is 0.159. The summed E-state index contributed by atoms with van der Waals surface area (Å²) in [6.07, 6.45) is 2.43. The second kappa shape index (κ2) is 8.33. The molecule has 0 saturated carbocycles. The third-order valence-electron chi connectivity index (χ3n) is 2.84. The summed E-state index contributed by atoms with van der Waals surface area (Å²) in [4.78, 5) is 14.4. The van der Waals surface area contributed by atoms with Crippen molar-refractivity contribution >= 4 is 17.2 Å². The van der Waals surface area contributed by atoms with Crippen LogP contribution in [0.25, 0.3) is 0 Å². The van der Waals surface area contributed by atoms with E-state index in [0.717, 1.165) is 19.4 Å². The van der Waals surface area contributed by atoms with Gasteiger partial charge in [-0.25, -0.2) is 0 Å². The topological polar surface area (TPSA) is 41.1 Å². The van der Waals surface area contributed by atoms with Crippen LogP contribution in [-0.4, -0.2) is 24.5 Å². The second-order valence-corrected chi connectivity index (χ2v) is 6.77. The molecule has 4 heteroatoms. The van der Waals surface area contributed by atoms with Crippen LogP contribution in [0.5, 0.6) is 0 Å². The van der Waals surface area contributed by atoms with Gasteiger partial charge in [0.1, 0.15) is 0 Å². The van der Waals surface area contributed by atoms with Crippen LogP contribution in [0.1, 0.15) is 43.4 Å². The van der Waals surface area contributed by atoms with Crippen LogP contribution >= 0.6 is 11.3 Å². The van der Waals surface area contributed by atoms with Crippen molar-refractivity contribution in [2.24, 2.45) is 0 Å². The fourth-order valence-electron chi connectivity index (χ4n) is 1.93. The molecule has 0 aliphatic heterocycles. The Morgan fingerprint density at radius 2 is 2.05 bits per heavy atom. The zero-order chi connectivity index (χ0) is 14.3. The number of hydrogen-bond donors (Lipinski definition) is 2. The molecule has 1 rings (SSSR count). The predicted molar refractivity (Wildman–Crippen MR) is 82.7 cm³/mol. The van der Waals surface area contributed by atoms with Crippen LogP contribution in [0.3, 0.4) is 0 Å². The Bertz CT molecular complexity index is 387. The standard InChI is InChI=1S/C15H26N2OS/c1-11(2)16-9-5-6-15(18)17-12(3)10-14-8-7-13(4)19-14/h7-8,11-12,16H,5-6,9-10H2,1-4H3,(H,17,18). The first-order chi connectivity index (χ1) is 8.97. The molecule has 2 N–H and O–H groups in total. The van der Waals surface area contributed by atoms with Crippen molar-refractivity contribution in [3.05, 3.63) is 21.9 Å². The first kappa shape index (κ1) is 16.2. The maximum atomic E-state index is 11.8. The normalized spacial score (nSPS) is 12.7. The molecule has 108 valence electrons. The molecule has 3 nitrogen and oxygen atoms in total. The summed E-state index contributed by atoms with van der Waals surface area (Å²) in [5.41, 5.74) is 0. The Labute approximate surface area is 120 Å². The third-order valence-corrected chi connectivity index (χ3v) is 3.87. The highest BCUT2D eigenvalue weighted by atomic mass is 32.1. The highest BCUT2D eigenvalue weighted by molar-refractivity contribution is 7.11. The van der Waals surface area contributed by atoms with Gasteiger partial charge in [0.2, 0.25) is 5.91 Å². The molecule has 0 fully saturated rings. The number of aryl methyl sites for hydroxylation is 1. The zero-order valence-corrected chi connectivity index (χ0v) is 13.3. The van der Waals surface area contributed by atoms with Gasteiger partial charge in [0.05, 0.1) is 0 Å². The van der Waals surface area contributed by atoms with E-state index in [4.69, 9.17) is 0 Å². The van der Waals surface area contributed by atoms with E-state index in [0.29, 0.717) is 12.5 Å². The first-order valence-corrected chi connectivity index (χ1v) is 7.87. The van der Waals surface area contributed by atoms with Gasteiger partial charge >= 0.3 is 0 Å². The third kappa shape index (κ3) is 7.33. The lowest BCUT2D eigenvalue weighted by atomic mass is 10.2. The zero-order valence-electron chi connectivity index (χ0n) is 12.5. The predicted octanol–water partition coefficient (Wildman–Crippen LogP) is 2.88. The van der Waals surface area contributed by atoms with Gasteiger partial charge < -0.3 is 10.6 Å². The van der Waals surface area contributed by atoms with Crippen molar-refractivity contribution in [3.8, 4) is 0 Å². The van der Waals surface area contributed by atoms with Gasteiger partial charge in [0.25, 0.3) is 0 Å². The molecule has 1 aromatic heterocycles. The maximum Gasteiger partial charge on any atom is 0.220 e. The Balaban J connectivity index is 2.17. The van der Waals surface area contributed by atoms with Gasteiger partial charge in [-0.1, -0.05) is 13.8 Å². The molecule has 1 amide bonds. The van der Waals surface area contributed by atoms with Crippen molar-refractivity contribution in [1.29, 1.82) is 0 Å². The number of rotatable bonds is 8. The average Bonchev–Trinajstić information content (AvgIpc) is 2.69. The van der Waals surface area contributed by atoms with E-state index >= 15 is 0 Å². The molecule has 0 saturated heterocycles. The number of nitrogens with one attached hydrogen (secondary N) is 2. The highest BCUT2D eigenvalue weighted by Gasteiger charge is 2.09. The molecule has 1 aromatic rings. The van der Waals surface area contributed by atoms with Crippen molar-refractivity contribution in [3.63, 3.8) is 0 Å². The lowest BCUT2D eigenvalue weighted by Gasteiger charge is -2.13. The quantitative estimate of drug-likeness (QED) is 0.720. The largest absolute Gasteiger partial charge is 0.353 e. The SMILES string of the molecule is Cc1ccc(CC(C)NC(=O)CCCNC(C)C)s1. The van der Waals surface area contributed by atoms with E-state index < -0.39 is 0 Å². The van der Waals surface area contributed by atoms with Crippen molar-refractivity contribution in [2.75, 3.05) is 6.54 Å². The molecule has 0 spiro atoms. The molecule has 0 aliphatic rings. The van der Waals surface area contributed by atoms with E-state index in [1.165, 1.54) is 9.75 Å². The van der Waals surface area contributed by atoms with Gasteiger partial charge in [-0.05, 0) is 38.9 Å². The Morgan fingerprint density at radius 1 is 1.32 bits per heavy atom. The van der Waals surface area contributed by atoms with Gasteiger partial charge in [-0.3, -0.25) is 4.79 Å². The van der Waals surface area contributed by atoms with E-state index in [1.807, 2.05) is 0 Å². The highest BCUT2D eigenvalue weighted by Crippen LogP contribution is 2.16. The number of carbonyl (C=O) groups excluding carboxylic acids is 1. The number of carbonyl (C=O) groups is 1. The van der Waals surface area contributed by atoms with Crippen molar-refractivity contribution in [2.45, 2.75) is 59.0 Å². The number of amides is 1. The van der Waals surface area contributed by atoms with Crippen LogP contribution in [0.2, 0.25) is 0 Å². The second-order valence-electron chi connectivity index (χ2n) is 5.40. The maximum absolute atomic E-state index is 11.8. The Hall–Kier alpha value is -0.870. The molecule has 19 heavy (non-hydrogen) atoms. The van der Waals surface area contributed by atoms with Crippen molar-refractivity contribution in [1.82, 2.24) is 10.6 Å². The molecular weight excluding hydrogens is 256 g/mol. The molecular formula is C15H26N2OS. The summed E-state index contributed by atoms with van der Waals surface area (Å²) >= 11 is 1.81. The van der Waals surface area contributed by atoms with Crippen LogP contribution in [0, 0.1) is 6.92 Å². The fraction of sp³-hybridized carbons (Fsp3) is 0.667. The molecule has 0 radical (unpaired) electrons. The summed E-state index contributed by atoms with van der Waals surface area (Å²) in [6.45, 7) is 9.32. The van der Waals surface area contributed by atoms with Crippen LogP contribution in [0.15, 0.2) is 12.1 Å². The van der Waals surface area contributed by atoms with Crippen molar-refractivity contribution < 1.29 is 4.79 Å². The van der Waals surface area contributed by atoms with Gasteiger partial charge in [-0.15, -0.1) is 11.3 Å².